The van der Waals surface area contributed by atoms with Gasteiger partial charge in [0.2, 0.25) is 0 Å². The monoisotopic (exact) mass is 286 g/mol. The van der Waals surface area contributed by atoms with Crippen LogP contribution >= 0.6 is 0 Å². The van der Waals surface area contributed by atoms with Crippen LogP contribution in [0.15, 0.2) is 0 Å². The van der Waals surface area contributed by atoms with Crippen molar-refractivity contribution in [3.05, 3.63) is 0 Å². The molecule has 0 aromatic heterocycles. The van der Waals surface area contributed by atoms with E-state index in [9.17, 15) is 10.2 Å². The van der Waals surface area contributed by atoms with Crippen LogP contribution in [0.3, 0.4) is 0 Å². The molecule has 2 N–H and O–H groups in total. The zero-order valence-corrected chi connectivity index (χ0v) is 13.6. The standard InChI is InChI=1S/C16H34N2O2/c1-4-5-6-7-8-16(2,3)15-17(11-13-19)9-10-18(15)12-14-20/h15,19-20H,4-14H2,1-3H3. The molecule has 1 fully saturated rings. The highest BCUT2D eigenvalue weighted by molar-refractivity contribution is 4.91. The number of rotatable bonds is 10. The highest BCUT2D eigenvalue weighted by Crippen LogP contribution is 2.36. The third-order valence-corrected chi connectivity index (χ3v) is 4.51. The Morgan fingerprint density at radius 2 is 1.50 bits per heavy atom. The molecule has 4 nitrogen and oxygen atoms in total. The summed E-state index contributed by atoms with van der Waals surface area (Å²) in [4.78, 5) is 4.77. The molecule has 20 heavy (non-hydrogen) atoms. The zero-order valence-electron chi connectivity index (χ0n) is 13.6. The van der Waals surface area contributed by atoms with Crippen molar-refractivity contribution >= 4 is 0 Å². The summed E-state index contributed by atoms with van der Waals surface area (Å²) in [7, 11) is 0. The number of hydrogen-bond acceptors (Lipinski definition) is 4. The average molecular weight is 286 g/mol. The summed E-state index contributed by atoms with van der Waals surface area (Å²) in [5.41, 5.74) is 0.203. The van der Waals surface area contributed by atoms with E-state index in [4.69, 9.17) is 0 Å². The second-order valence-electron chi connectivity index (χ2n) is 6.69. The molecule has 0 atom stereocenters. The Bertz CT molecular complexity index is 245. The average Bonchev–Trinajstić information content (AvgIpc) is 2.79. The van der Waals surface area contributed by atoms with Crippen LogP contribution in [-0.2, 0) is 0 Å². The van der Waals surface area contributed by atoms with Crippen LogP contribution in [0.1, 0.15) is 52.9 Å². The second kappa shape index (κ2) is 8.98. The summed E-state index contributed by atoms with van der Waals surface area (Å²) < 4.78 is 0. The van der Waals surface area contributed by atoms with Crippen LogP contribution in [0.2, 0.25) is 0 Å². The number of β-amino-alcohol motifs (C(OH)–C–C–N with tert-alkyl or cyclic N) is 2. The molecule has 0 unspecified atom stereocenters. The van der Waals surface area contributed by atoms with Crippen LogP contribution in [0.25, 0.3) is 0 Å². The second-order valence-corrected chi connectivity index (χ2v) is 6.69. The minimum Gasteiger partial charge on any atom is -0.395 e. The predicted molar refractivity (Wildman–Crippen MR) is 83.6 cm³/mol. The molecule has 1 heterocycles. The summed E-state index contributed by atoms with van der Waals surface area (Å²) in [5, 5.41) is 18.5. The molecule has 0 saturated carbocycles. The first-order valence-electron chi connectivity index (χ1n) is 8.26. The van der Waals surface area contributed by atoms with Crippen LogP contribution in [0.4, 0.5) is 0 Å². The van der Waals surface area contributed by atoms with Gasteiger partial charge < -0.3 is 10.2 Å². The SMILES string of the molecule is CCCCCCC(C)(C)C1N(CCO)CCN1CCO. The van der Waals surface area contributed by atoms with Crippen molar-refractivity contribution in [2.75, 3.05) is 39.4 Å². The Kier molecular flexibility index (Phi) is 8.03. The number of aliphatic hydroxyl groups is 2. The molecule has 0 spiro atoms. The molecule has 1 saturated heterocycles. The molecular weight excluding hydrogens is 252 g/mol. The van der Waals surface area contributed by atoms with Gasteiger partial charge in [0.1, 0.15) is 0 Å². The summed E-state index contributed by atoms with van der Waals surface area (Å²) >= 11 is 0. The molecule has 1 aliphatic heterocycles. The Labute approximate surface area is 124 Å². The number of hydrogen-bond donors (Lipinski definition) is 2. The van der Waals surface area contributed by atoms with E-state index in [-0.39, 0.29) is 18.6 Å². The zero-order chi connectivity index (χ0) is 15.0. The van der Waals surface area contributed by atoms with E-state index < -0.39 is 0 Å². The van der Waals surface area contributed by atoms with Crippen molar-refractivity contribution < 1.29 is 10.2 Å². The van der Waals surface area contributed by atoms with E-state index in [2.05, 4.69) is 30.6 Å². The highest BCUT2D eigenvalue weighted by Gasteiger charge is 2.41. The first kappa shape index (κ1) is 17.9. The van der Waals surface area contributed by atoms with Gasteiger partial charge in [-0.1, -0.05) is 46.5 Å². The van der Waals surface area contributed by atoms with Crippen molar-refractivity contribution in [3.63, 3.8) is 0 Å². The molecule has 1 rings (SSSR count). The van der Waals surface area contributed by atoms with Gasteiger partial charge in [-0.25, -0.2) is 0 Å². The van der Waals surface area contributed by atoms with Crippen molar-refractivity contribution in [1.29, 1.82) is 0 Å². The van der Waals surface area contributed by atoms with E-state index in [1.165, 1.54) is 32.1 Å². The summed E-state index contributed by atoms with van der Waals surface area (Å²) in [6, 6.07) is 0. The van der Waals surface area contributed by atoms with Gasteiger partial charge >= 0.3 is 0 Å². The van der Waals surface area contributed by atoms with E-state index in [1.807, 2.05) is 0 Å². The number of nitrogens with zero attached hydrogens (tertiary/aromatic N) is 2. The van der Waals surface area contributed by atoms with Crippen LogP contribution in [0.5, 0.6) is 0 Å². The molecule has 0 aromatic rings. The molecule has 4 heteroatoms. The molecular formula is C16H34N2O2. The fourth-order valence-electron chi connectivity index (χ4n) is 3.58. The van der Waals surface area contributed by atoms with Gasteiger partial charge in [-0.05, 0) is 11.8 Å². The first-order valence-corrected chi connectivity index (χ1v) is 8.26. The fourth-order valence-corrected chi connectivity index (χ4v) is 3.58. The van der Waals surface area contributed by atoms with Crippen molar-refractivity contribution in [1.82, 2.24) is 9.80 Å². The van der Waals surface area contributed by atoms with E-state index in [0.29, 0.717) is 6.17 Å². The Hall–Kier alpha value is -0.160. The maximum absolute atomic E-state index is 9.26. The smallest absolute Gasteiger partial charge is 0.0677 e. The van der Waals surface area contributed by atoms with Crippen molar-refractivity contribution in [2.45, 2.75) is 59.0 Å². The Morgan fingerprint density at radius 3 is 1.95 bits per heavy atom. The van der Waals surface area contributed by atoms with Gasteiger partial charge in [0, 0.05) is 26.2 Å². The maximum Gasteiger partial charge on any atom is 0.0677 e. The minimum absolute atomic E-state index is 0.203. The predicted octanol–water partition coefficient (Wildman–Crippen LogP) is 1.91. The number of unbranched alkanes of at least 4 members (excludes halogenated alkanes) is 3. The van der Waals surface area contributed by atoms with E-state index in [1.54, 1.807) is 0 Å². The topological polar surface area (TPSA) is 46.9 Å². The molecule has 0 aromatic carbocycles. The molecule has 0 bridgehead atoms. The first-order chi connectivity index (χ1) is 9.56. The van der Waals surface area contributed by atoms with Gasteiger partial charge in [-0.15, -0.1) is 0 Å². The lowest BCUT2D eigenvalue weighted by atomic mass is 9.82. The van der Waals surface area contributed by atoms with E-state index in [0.717, 1.165) is 26.2 Å². The van der Waals surface area contributed by atoms with Crippen LogP contribution in [-0.4, -0.2) is 65.6 Å². The van der Waals surface area contributed by atoms with Crippen molar-refractivity contribution in [2.24, 2.45) is 5.41 Å². The molecule has 0 radical (unpaired) electrons. The number of aliphatic hydroxyl groups excluding tert-OH is 2. The van der Waals surface area contributed by atoms with Crippen LogP contribution in [0, 0.1) is 5.41 Å². The third kappa shape index (κ3) is 4.99. The minimum atomic E-state index is 0.203. The van der Waals surface area contributed by atoms with Gasteiger partial charge in [-0.3, -0.25) is 9.80 Å². The quantitative estimate of drug-likeness (QED) is 0.602. The lowest BCUT2D eigenvalue weighted by molar-refractivity contribution is 0.00692. The summed E-state index contributed by atoms with van der Waals surface area (Å²) in [6.45, 7) is 10.8. The Morgan fingerprint density at radius 1 is 0.950 bits per heavy atom. The lowest BCUT2D eigenvalue weighted by Crippen LogP contribution is -2.50. The summed E-state index contributed by atoms with van der Waals surface area (Å²) in [5.74, 6) is 0. The molecule has 0 amide bonds. The Balaban J connectivity index is 2.62. The maximum atomic E-state index is 9.26. The molecule has 0 aliphatic carbocycles. The van der Waals surface area contributed by atoms with E-state index >= 15 is 0 Å². The van der Waals surface area contributed by atoms with Gasteiger partial charge in [0.05, 0.1) is 19.4 Å². The molecule has 120 valence electrons. The fraction of sp³-hybridized carbons (Fsp3) is 1.00. The third-order valence-electron chi connectivity index (χ3n) is 4.51. The molecule has 1 aliphatic rings. The van der Waals surface area contributed by atoms with Crippen molar-refractivity contribution in [3.8, 4) is 0 Å². The normalized spacial score (nSPS) is 19.1. The van der Waals surface area contributed by atoms with Gasteiger partial charge in [-0.2, -0.15) is 0 Å². The largest absolute Gasteiger partial charge is 0.395 e. The van der Waals surface area contributed by atoms with Gasteiger partial charge in [0.15, 0.2) is 0 Å². The van der Waals surface area contributed by atoms with Crippen LogP contribution < -0.4 is 0 Å². The lowest BCUT2D eigenvalue weighted by Gasteiger charge is -2.42. The highest BCUT2D eigenvalue weighted by atomic mass is 16.3. The summed E-state index contributed by atoms with van der Waals surface area (Å²) in [6.07, 6.45) is 6.74. The van der Waals surface area contributed by atoms with Gasteiger partial charge in [0.25, 0.3) is 0 Å².